The monoisotopic (exact) mass is 1890 g/mol. The molecule has 704 valence electrons. The zero-order chi connectivity index (χ0) is 101. The third-order valence-electron chi connectivity index (χ3n) is 22.9. The third-order valence-corrected chi connectivity index (χ3v) is 22.9. The lowest BCUT2D eigenvalue weighted by Gasteiger charge is -2.20. The third kappa shape index (κ3) is 19.6. The number of fused-ring (bicyclic) bond motifs is 5. The number of aryl methyl sites for hydroxylation is 7. The van der Waals surface area contributed by atoms with Crippen LogP contribution >= 0.6 is 0 Å². The number of carbonyl (C=O) groups excluding carboxylic acids is 10. The van der Waals surface area contributed by atoms with Crippen molar-refractivity contribution in [3.8, 4) is 51.3 Å². The van der Waals surface area contributed by atoms with E-state index in [9.17, 15) is 86.5 Å². The van der Waals surface area contributed by atoms with E-state index in [2.05, 4.69) is 49.8 Å². The average molecular weight is 1890 g/mol. The fourth-order valence-corrected chi connectivity index (χ4v) is 16.0. The molecule has 14 aromatic rings. The molecular formula is C100H83F3N22O15. The van der Waals surface area contributed by atoms with Gasteiger partial charge in [0.25, 0.3) is 40.9 Å². The number of para-hydroxylation sites is 2. The van der Waals surface area contributed by atoms with E-state index < -0.39 is 57.0 Å². The molecule has 0 atom stereocenters. The van der Waals surface area contributed by atoms with Gasteiger partial charge in [-0.25, -0.2) is 49.8 Å². The maximum absolute atomic E-state index is 13.3. The lowest BCUT2D eigenvalue weighted by Crippen LogP contribution is -2.23. The van der Waals surface area contributed by atoms with E-state index in [-0.39, 0.29) is 165 Å². The summed E-state index contributed by atoms with van der Waals surface area (Å²) in [6, 6.07) is 56.5. The number of alkyl halides is 3. The van der Waals surface area contributed by atoms with Gasteiger partial charge in [0.15, 0.2) is 23.3 Å². The maximum Gasteiger partial charge on any atom is 0.416 e. The number of primary amides is 5. The van der Waals surface area contributed by atoms with Gasteiger partial charge in [0, 0.05) is 80.3 Å². The molecule has 9 aromatic carbocycles. The zero-order valence-electron chi connectivity index (χ0n) is 76.0. The normalized spacial score (nSPS) is 13.1. The van der Waals surface area contributed by atoms with E-state index in [0.29, 0.717) is 84.5 Å². The largest absolute Gasteiger partial charge is 0.508 e. The number of nitrogens with two attached hydrogens (primary N) is 5. The van der Waals surface area contributed by atoms with Crippen LogP contribution in [0.15, 0.2) is 206 Å². The Balaban J connectivity index is 0.000000133. The van der Waals surface area contributed by atoms with Crippen LogP contribution in [0.1, 0.15) is 150 Å². The minimum atomic E-state index is -4.58. The summed E-state index contributed by atoms with van der Waals surface area (Å²) in [4.78, 5) is 195. The second-order valence-corrected chi connectivity index (χ2v) is 33.3. The van der Waals surface area contributed by atoms with Crippen molar-refractivity contribution in [2.75, 3.05) is 24.5 Å². The number of aromatic hydroxyl groups is 1. The van der Waals surface area contributed by atoms with Crippen molar-refractivity contribution in [3.63, 3.8) is 0 Å². The van der Waals surface area contributed by atoms with Crippen LogP contribution in [0.25, 0.3) is 45.6 Å². The number of non-ortho nitro benzene ring substituents is 2. The molecular weight excluding hydrogens is 1810 g/mol. The second kappa shape index (κ2) is 38.8. The van der Waals surface area contributed by atoms with Gasteiger partial charge in [-0.15, -0.1) is 0 Å². The molecule has 37 nitrogen and oxygen atoms in total. The van der Waals surface area contributed by atoms with Gasteiger partial charge >= 0.3 is 6.18 Å². The van der Waals surface area contributed by atoms with Crippen LogP contribution in [0.3, 0.4) is 0 Å². The predicted molar refractivity (Wildman–Crippen MR) is 508 cm³/mol. The highest BCUT2D eigenvalue weighted by Crippen LogP contribution is 2.46. The number of halogens is 3. The number of hydrogen-bond donors (Lipinski definition) is 6. The summed E-state index contributed by atoms with van der Waals surface area (Å²) < 4.78 is 40.0. The Morgan fingerprint density at radius 1 is 0.343 bits per heavy atom. The summed E-state index contributed by atoms with van der Waals surface area (Å²) >= 11 is 0. The van der Waals surface area contributed by atoms with Crippen molar-refractivity contribution in [1.29, 1.82) is 0 Å². The quantitative estimate of drug-likeness (QED) is 0.0364. The Morgan fingerprint density at radius 2 is 0.679 bits per heavy atom. The van der Waals surface area contributed by atoms with Crippen molar-refractivity contribution >= 4 is 128 Å². The molecule has 0 radical (unpaired) electrons. The molecule has 0 saturated heterocycles. The Bertz CT molecular complexity index is 7560. The molecule has 0 saturated carbocycles. The highest BCUT2D eigenvalue weighted by molar-refractivity contribution is 6.14. The van der Waals surface area contributed by atoms with E-state index in [1.165, 1.54) is 76.2 Å². The van der Waals surface area contributed by atoms with Gasteiger partial charge in [-0.05, 0) is 125 Å². The van der Waals surface area contributed by atoms with Crippen LogP contribution in [0.2, 0.25) is 0 Å². The fourth-order valence-electron chi connectivity index (χ4n) is 16.0. The smallest absolute Gasteiger partial charge is 0.416 e. The summed E-state index contributed by atoms with van der Waals surface area (Å²) in [6.45, 7) is 16.8. The van der Waals surface area contributed by atoms with Crippen LogP contribution in [-0.2, 0) is 62.3 Å². The first-order valence-electron chi connectivity index (χ1n) is 43.0. The average Bonchev–Trinajstić information content (AvgIpc) is 1.62. The van der Waals surface area contributed by atoms with Gasteiger partial charge in [-0.3, -0.25) is 92.7 Å². The number of hydrogen-bond acceptors (Lipinski definition) is 25. The Hall–Kier alpha value is -18.5. The number of benzene rings is 9. The molecule has 0 fully saturated rings. The summed E-state index contributed by atoms with van der Waals surface area (Å²) in [5, 5.41) is 32.0. The highest BCUT2D eigenvalue weighted by atomic mass is 19.4. The van der Waals surface area contributed by atoms with Crippen molar-refractivity contribution in [1.82, 2.24) is 49.8 Å². The Labute approximate surface area is 794 Å². The molecule has 140 heavy (non-hydrogen) atoms. The van der Waals surface area contributed by atoms with E-state index >= 15 is 0 Å². The number of nitro benzene ring substituents is 2. The van der Waals surface area contributed by atoms with E-state index in [1.54, 1.807) is 54.3 Å². The maximum atomic E-state index is 13.3. The SMILES string of the molecule is Cc1ccc(-c2nc(C(N)=O)c3c(n2)N(c2cc(C)cc(C(F)(F)F)c2)C(=O)C3)cc1.Cc1ccc(-c2nc(C(N)=O)c3c(n2)N(c2ccc([N+](=O)[O-])cc2)C(=O)C3)cc1.Cc1ccc(-c2nc(C(N)=O)c3c(n2)N(c2cccc([N+](=O)[O-])c2)C(=O)C3)cc1.Cc1ccc(-c2nc(C(N)=O)c3c(n2)N(c2ccccc2C)C(=O)C3)cc1O.Cc1ccccc1N1C(=O)Cc2c(C(N)=O)nc(C(C)C)nc21. The van der Waals surface area contributed by atoms with Crippen molar-refractivity contribution in [3.05, 3.63) is 333 Å². The molecule has 10 amide bonds. The molecule has 0 aliphatic carbocycles. The van der Waals surface area contributed by atoms with Crippen molar-refractivity contribution in [2.45, 2.75) is 107 Å². The highest BCUT2D eigenvalue weighted by Gasteiger charge is 2.43. The molecule has 0 bridgehead atoms. The van der Waals surface area contributed by atoms with Gasteiger partial charge < -0.3 is 33.8 Å². The number of phenols is 1. The molecule has 5 aromatic heterocycles. The standard InChI is InChI=1S/C22H17F3N4O2.C21H18N4O3.2C20H15N5O4.C17H18N4O2/c1-11-3-5-13(6-4-11)20-27-18(19(26)31)16-10-17(30)29(21(16)28-20)15-8-12(2)7-14(9-15)22(23,24)25;1-11-5-3-4-6-15(11)25-17(27)10-14-18(19(22)28)23-20(24-21(14)25)13-8-7-12(2)16(26)9-13;1-11-2-4-12(5-3-11)19-22-17(18(21)27)15-10-16(26)24(20(15)23-19)13-6-8-14(9-7-13)25(28)29;1-11-5-7-12(8-6-11)19-22-17(18(21)27)15-10-16(26)24(20(15)23-19)13-3-2-4-14(9-13)25(28)29;1-9(2)16-19-14(15(18)23)11-8-13(22)21(17(11)20-16)12-7-5-4-6-10(12)3/h3-9H,10H2,1-2H3,(H2,26,31);3-9,26H,10H2,1-2H3,(H2,22,28);2*2-9H,10H2,1H3,(H2,21,27);4-7,9H,8H2,1-3H3,(H2,18,23). The number of amides is 10. The number of anilines is 10. The first-order chi connectivity index (χ1) is 66.5. The second-order valence-electron chi connectivity index (χ2n) is 33.3. The molecule has 0 spiro atoms. The lowest BCUT2D eigenvalue weighted by molar-refractivity contribution is -0.385. The van der Waals surface area contributed by atoms with Crippen LogP contribution < -0.4 is 53.2 Å². The van der Waals surface area contributed by atoms with E-state index in [0.717, 1.165) is 50.5 Å². The van der Waals surface area contributed by atoms with Gasteiger partial charge in [0.2, 0.25) is 29.5 Å². The molecule has 5 aliphatic rings. The molecule has 19 rings (SSSR count). The summed E-state index contributed by atoms with van der Waals surface area (Å²) in [5.41, 5.74) is 38.7. The molecule has 11 N–H and O–H groups in total. The first kappa shape index (κ1) is 96.1. The topological polar surface area (TPSA) is 552 Å². The minimum Gasteiger partial charge on any atom is -0.508 e. The molecule has 5 aliphatic heterocycles. The first-order valence-corrected chi connectivity index (χ1v) is 43.0. The van der Waals surface area contributed by atoms with E-state index in [1.807, 2.05) is 146 Å². The summed E-state index contributed by atoms with van der Waals surface area (Å²) in [5.74, 6) is -2.48. The fraction of sp³-hybridized carbons (Fsp3) is 0.160. The molecule has 40 heteroatoms. The van der Waals surface area contributed by atoms with Crippen LogP contribution in [0, 0.1) is 68.7 Å². The Morgan fingerprint density at radius 3 is 1.04 bits per heavy atom. The van der Waals surface area contributed by atoms with Gasteiger partial charge in [0.05, 0.1) is 76.0 Å². The zero-order valence-corrected chi connectivity index (χ0v) is 76.0. The van der Waals surface area contributed by atoms with Crippen molar-refractivity contribution in [2.24, 2.45) is 28.7 Å². The number of nitro groups is 2. The summed E-state index contributed by atoms with van der Waals surface area (Å²) in [6.07, 6.45) is -4.94. The van der Waals surface area contributed by atoms with Crippen LogP contribution in [0.5, 0.6) is 5.75 Å². The predicted octanol–water partition coefficient (Wildman–Crippen LogP) is 14.5. The number of carbonyl (C=O) groups is 10. The number of rotatable bonds is 17. The van der Waals surface area contributed by atoms with Gasteiger partial charge in [-0.2, -0.15) is 13.2 Å². The number of aromatic nitrogens is 10. The van der Waals surface area contributed by atoms with Crippen LogP contribution in [-0.4, -0.2) is 124 Å². The molecule has 0 unspecified atom stereocenters. The number of nitrogens with zero attached hydrogens (tertiary/aromatic N) is 17. The summed E-state index contributed by atoms with van der Waals surface area (Å²) in [7, 11) is 0. The van der Waals surface area contributed by atoms with Gasteiger partial charge in [-0.1, -0.05) is 158 Å². The van der Waals surface area contributed by atoms with Crippen molar-refractivity contribution < 1.29 is 76.1 Å². The minimum absolute atomic E-state index is 0.00136. The lowest BCUT2D eigenvalue weighted by atomic mass is 10.1. The van der Waals surface area contributed by atoms with E-state index in [4.69, 9.17) is 28.7 Å². The number of phenolic OH excluding ortho intramolecular Hbond substituents is 1. The van der Waals surface area contributed by atoms with Gasteiger partial charge in [0.1, 0.15) is 69.1 Å². The van der Waals surface area contributed by atoms with Crippen LogP contribution in [0.4, 0.5) is 82.1 Å². The Kier molecular flexibility index (Phi) is 26.6. The molecule has 10 heterocycles.